The number of aromatic amines is 1. The first-order valence-electron chi connectivity index (χ1n) is 11.0. The predicted molar refractivity (Wildman–Crippen MR) is 130 cm³/mol. The zero-order chi connectivity index (χ0) is 23.0. The number of hydrogen-bond donors (Lipinski definition) is 3. The number of nitrogens with one attached hydrogen (secondary N) is 3. The van der Waals surface area contributed by atoms with E-state index in [0.717, 1.165) is 29.7 Å². The van der Waals surface area contributed by atoms with Crippen LogP contribution in [0.1, 0.15) is 35.7 Å². The maximum Gasteiger partial charge on any atom is 0.255 e. The Bertz CT molecular complexity index is 1230. The molecule has 7 heteroatoms. The third kappa shape index (κ3) is 5.77. The van der Waals surface area contributed by atoms with Crippen LogP contribution in [-0.4, -0.2) is 28.6 Å². The number of carbonyl (C=O) groups is 2. The van der Waals surface area contributed by atoms with E-state index in [-0.39, 0.29) is 18.2 Å². The maximum atomic E-state index is 12.7. The van der Waals surface area contributed by atoms with Crippen LogP contribution in [-0.2, 0) is 11.2 Å². The van der Waals surface area contributed by atoms with Crippen molar-refractivity contribution in [3.63, 3.8) is 0 Å². The second-order valence-electron chi connectivity index (χ2n) is 7.72. The molecule has 0 aliphatic rings. The van der Waals surface area contributed by atoms with E-state index in [1.807, 2.05) is 36.4 Å². The first-order valence-corrected chi connectivity index (χ1v) is 11.0. The van der Waals surface area contributed by atoms with Gasteiger partial charge in [-0.3, -0.25) is 14.7 Å². The molecule has 1 heterocycles. The van der Waals surface area contributed by atoms with Crippen molar-refractivity contribution >= 4 is 34.2 Å². The van der Waals surface area contributed by atoms with Gasteiger partial charge in [0.15, 0.2) is 5.82 Å². The average molecular weight is 443 g/mol. The molecular formula is C26H26N4O3. The van der Waals surface area contributed by atoms with Crippen LogP contribution < -0.4 is 15.4 Å². The summed E-state index contributed by atoms with van der Waals surface area (Å²) in [5.41, 5.74) is 2.82. The van der Waals surface area contributed by atoms with Crippen molar-refractivity contribution in [1.82, 2.24) is 10.2 Å². The van der Waals surface area contributed by atoms with E-state index >= 15 is 0 Å². The monoisotopic (exact) mass is 442 g/mol. The number of rotatable bonds is 9. The van der Waals surface area contributed by atoms with Gasteiger partial charge in [0.2, 0.25) is 5.91 Å². The van der Waals surface area contributed by atoms with Crippen LogP contribution >= 0.6 is 0 Å². The van der Waals surface area contributed by atoms with Gasteiger partial charge in [-0.15, -0.1) is 0 Å². The Morgan fingerprint density at radius 1 is 0.970 bits per heavy atom. The average Bonchev–Trinajstić information content (AvgIpc) is 3.22. The minimum atomic E-state index is -0.229. The van der Waals surface area contributed by atoms with E-state index in [0.29, 0.717) is 29.1 Å². The van der Waals surface area contributed by atoms with E-state index in [9.17, 15) is 9.59 Å². The number of unbranched alkanes of at least 4 members (excludes halogenated alkanes) is 1. The molecule has 0 radical (unpaired) electrons. The Balaban J connectivity index is 1.42. The number of H-pyrrole nitrogens is 1. The van der Waals surface area contributed by atoms with Crippen molar-refractivity contribution in [3.05, 3.63) is 83.9 Å². The Kier molecular flexibility index (Phi) is 6.99. The molecule has 4 rings (SSSR count). The zero-order valence-corrected chi connectivity index (χ0v) is 18.4. The second kappa shape index (κ2) is 10.5. The molecule has 33 heavy (non-hydrogen) atoms. The molecule has 3 aromatic carbocycles. The Morgan fingerprint density at radius 3 is 2.52 bits per heavy atom. The number of carbonyl (C=O) groups excluding carboxylic acids is 2. The van der Waals surface area contributed by atoms with Gasteiger partial charge in [-0.1, -0.05) is 43.7 Å². The number of nitrogens with zero attached hydrogens (tertiary/aromatic N) is 1. The molecule has 0 aliphatic heterocycles. The highest BCUT2D eigenvalue weighted by Crippen LogP contribution is 2.25. The van der Waals surface area contributed by atoms with Gasteiger partial charge < -0.3 is 15.4 Å². The normalized spacial score (nSPS) is 10.7. The first-order chi connectivity index (χ1) is 16.1. The summed E-state index contributed by atoms with van der Waals surface area (Å²) < 4.78 is 5.64. The summed E-state index contributed by atoms with van der Waals surface area (Å²) in [7, 11) is 0. The Hall–Kier alpha value is -4.13. The van der Waals surface area contributed by atoms with E-state index in [4.69, 9.17) is 4.74 Å². The lowest BCUT2D eigenvalue weighted by Gasteiger charge is -2.08. The summed E-state index contributed by atoms with van der Waals surface area (Å²) in [6.07, 6.45) is 2.32. The van der Waals surface area contributed by atoms with E-state index < -0.39 is 0 Å². The van der Waals surface area contributed by atoms with Gasteiger partial charge in [-0.2, -0.15) is 5.10 Å². The predicted octanol–water partition coefficient (Wildman–Crippen LogP) is 5.18. The minimum Gasteiger partial charge on any atom is -0.494 e. The molecule has 0 aliphatic carbocycles. The molecule has 2 amide bonds. The lowest BCUT2D eigenvalue weighted by atomic mass is 10.1. The minimum absolute atomic E-state index is 0.162. The topological polar surface area (TPSA) is 96.1 Å². The highest BCUT2D eigenvalue weighted by Gasteiger charge is 2.12. The van der Waals surface area contributed by atoms with Crippen molar-refractivity contribution in [3.8, 4) is 5.75 Å². The van der Waals surface area contributed by atoms with Crippen molar-refractivity contribution in [2.75, 3.05) is 17.2 Å². The van der Waals surface area contributed by atoms with E-state index in [1.165, 1.54) is 0 Å². The molecule has 7 nitrogen and oxygen atoms in total. The SMILES string of the molecule is CCCCOc1ccc(C(=O)Nc2ccc3[nH]nc(NC(=O)Cc4ccccc4)c3c2)cc1. The Morgan fingerprint density at radius 2 is 1.76 bits per heavy atom. The van der Waals surface area contributed by atoms with Crippen LogP contribution in [0.15, 0.2) is 72.8 Å². The molecule has 3 N–H and O–H groups in total. The summed E-state index contributed by atoms with van der Waals surface area (Å²) in [4.78, 5) is 25.1. The number of fused-ring (bicyclic) bond motifs is 1. The number of ether oxygens (including phenoxy) is 1. The molecule has 0 saturated heterocycles. The largest absolute Gasteiger partial charge is 0.494 e. The highest BCUT2D eigenvalue weighted by atomic mass is 16.5. The number of anilines is 2. The van der Waals surface area contributed by atoms with Gasteiger partial charge in [-0.05, 0) is 54.4 Å². The standard InChI is InChI=1S/C26H26N4O3/c1-2-3-15-33-21-12-9-19(10-13-21)26(32)27-20-11-14-23-22(17-20)25(30-29-23)28-24(31)16-18-7-5-4-6-8-18/h4-14,17H,2-3,15-16H2,1H3,(H,27,32)(H2,28,29,30,31). The molecule has 1 aromatic heterocycles. The molecule has 0 saturated carbocycles. The van der Waals surface area contributed by atoms with Gasteiger partial charge in [0.1, 0.15) is 5.75 Å². The quantitative estimate of drug-likeness (QED) is 0.311. The second-order valence-corrected chi connectivity index (χ2v) is 7.72. The van der Waals surface area contributed by atoms with Crippen molar-refractivity contribution < 1.29 is 14.3 Å². The van der Waals surface area contributed by atoms with Crippen molar-refractivity contribution in [1.29, 1.82) is 0 Å². The van der Waals surface area contributed by atoms with Gasteiger partial charge in [0.05, 0.1) is 18.5 Å². The lowest BCUT2D eigenvalue weighted by Crippen LogP contribution is -2.15. The van der Waals surface area contributed by atoms with Crippen LogP contribution in [0.4, 0.5) is 11.5 Å². The number of amides is 2. The summed E-state index contributed by atoms with van der Waals surface area (Å²) >= 11 is 0. The molecule has 168 valence electrons. The molecule has 0 bridgehead atoms. The van der Waals surface area contributed by atoms with E-state index in [1.54, 1.807) is 36.4 Å². The van der Waals surface area contributed by atoms with Crippen molar-refractivity contribution in [2.45, 2.75) is 26.2 Å². The summed E-state index contributed by atoms with van der Waals surface area (Å²) in [5.74, 6) is 0.782. The van der Waals surface area contributed by atoms with Crippen LogP contribution in [0.5, 0.6) is 5.75 Å². The molecule has 0 unspecified atom stereocenters. The van der Waals surface area contributed by atoms with Crippen LogP contribution in [0.25, 0.3) is 10.9 Å². The summed E-state index contributed by atoms with van der Waals surface area (Å²) in [6.45, 7) is 2.77. The zero-order valence-electron chi connectivity index (χ0n) is 18.4. The summed E-state index contributed by atoms with van der Waals surface area (Å²) in [5, 5.41) is 13.6. The fourth-order valence-corrected chi connectivity index (χ4v) is 3.38. The highest BCUT2D eigenvalue weighted by molar-refractivity contribution is 6.06. The smallest absolute Gasteiger partial charge is 0.255 e. The summed E-state index contributed by atoms with van der Waals surface area (Å²) in [6, 6.07) is 22.0. The Labute approximate surface area is 192 Å². The van der Waals surface area contributed by atoms with Gasteiger partial charge in [-0.25, -0.2) is 0 Å². The molecule has 0 fully saturated rings. The first kappa shape index (κ1) is 22.1. The number of hydrogen-bond acceptors (Lipinski definition) is 4. The molecule has 0 spiro atoms. The molecular weight excluding hydrogens is 416 g/mol. The van der Waals surface area contributed by atoms with E-state index in [2.05, 4.69) is 27.8 Å². The third-order valence-electron chi connectivity index (χ3n) is 5.17. The fraction of sp³-hybridized carbons (Fsp3) is 0.192. The maximum absolute atomic E-state index is 12.7. The van der Waals surface area contributed by atoms with Gasteiger partial charge in [0, 0.05) is 16.6 Å². The van der Waals surface area contributed by atoms with Gasteiger partial charge in [0.25, 0.3) is 5.91 Å². The van der Waals surface area contributed by atoms with Crippen molar-refractivity contribution in [2.24, 2.45) is 0 Å². The third-order valence-corrected chi connectivity index (χ3v) is 5.17. The van der Waals surface area contributed by atoms with Crippen LogP contribution in [0.3, 0.4) is 0 Å². The molecule has 4 aromatic rings. The number of benzene rings is 3. The lowest BCUT2D eigenvalue weighted by molar-refractivity contribution is -0.115. The van der Waals surface area contributed by atoms with Crippen LogP contribution in [0.2, 0.25) is 0 Å². The fourth-order valence-electron chi connectivity index (χ4n) is 3.38. The van der Waals surface area contributed by atoms with Gasteiger partial charge >= 0.3 is 0 Å². The molecule has 0 atom stereocenters. The number of aromatic nitrogens is 2. The van der Waals surface area contributed by atoms with Crippen LogP contribution in [0, 0.1) is 0 Å².